The fourth-order valence-corrected chi connectivity index (χ4v) is 10.8. The van der Waals surface area contributed by atoms with E-state index in [1.165, 1.54) is 29.9 Å². The number of unbranched alkanes of at least 4 members (excludes halogenated alkanes) is 2. The van der Waals surface area contributed by atoms with Crippen LogP contribution in [0.3, 0.4) is 0 Å². The number of anilines is 2. The molecule has 0 radical (unpaired) electrons. The Morgan fingerprint density at radius 3 is 1.43 bits per heavy atom. The van der Waals surface area contributed by atoms with Crippen LogP contribution in [0.5, 0.6) is 0 Å². The molecule has 2 fully saturated rings. The summed E-state index contributed by atoms with van der Waals surface area (Å²) in [6, 6.07) is 18.7. The van der Waals surface area contributed by atoms with Crippen molar-refractivity contribution in [3.8, 4) is 22.6 Å². The Morgan fingerprint density at radius 2 is 1.08 bits per heavy atom. The summed E-state index contributed by atoms with van der Waals surface area (Å²) < 4.78 is 75.3. The first-order valence-electron chi connectivity index (χ1n) is 24.6. The lowest BCUT2D eigenvalue weighted by Gasteiger charge is -2.23. The lowest BCUT2D eigenvalue weighted by Crippen LogP contribution is -2.32. The van der Waals surface area contributed by atoms with Gasteiger partial charge >= 0.3 is 19.1 Å². The number of benzene rings is 2. The van der Waals surface area contributed by atoms with Gasteiger partial charge in [-0.15, -0.1) is 0 Å². The van der Waals surface area contributed by atoms with Gasteiger partial charge in [0.1, 0.15) is 17.3 Å². The summed E-state index contributed by atoms with van der Waals surface area (Å²) in [5.41, 5.74) is 5.43. The highest BCUT2D eigenvalue weighted by molar-refractivity contribution is 14.1. The number of pyridine rings is 2. The Morgan fingerprint density at radius 1 is 0.671 bits per heavy atom. The molecule has 0 atom stereocenters. The maximum Gasteiger partial charge on any atom is 0.454 e. The third-order valence-electron chi connectivity index (χ3n) is 12.6. The minimum absolute atomic E-state index is 0.137. The van der Waals surface area contributed by atoms with Crippen molar-refractivity contribution < 1.29 is 64.4 Å². The Bertz CT molecular complexity index is 3290. The second kappa shape index (κ2) is 25.8. The van der Waals surface area contributed by atoms with Gasteiger partial charge in [-0.3, -0.25) is 27.8 Å². The Kier molecular flexibility index (Phi) is 20.1. The number of halogens is 1. The van der Waals surface area contributed by atoms with Crippen molar-refractivity contribution in [2.75, 3.05) is 62.5 Å². The summed E-state index contributed by atoms with van der Waals surface area (Å²) >= 11 is 2.01. The molecule has 20 nitrogen and oxygen atoms in total. The zero-order valence-electron chi connectivity index (χ0n) is 43.8. The van der Waals surface area contributed by atoms with Crippen LogP contribution in [-0.4, -0.2) is 122 Å². The van der Waals surface area contributed by atoms with Gasteiger partial charge in [0, 0.05) is 51.2 Å². The van der Waals surface area contributed by atoms with Crippen molar-refractivity contribution in [2.24, 2.45) is 0 Å². The molecule has 76 heavy (non-hydrogen) atoms. The number of methoxy groups -OCH3 is 2. The van der Waals surface area contributed by atoms with Crippen LogP contribution in [0, 0.1) is 17.4 Å². The van der Waals surface area contributed by atoms with Gasteiger partial charge in [0.15, 0.2) is 5.82 Å². The molecule has 2 aliphatic carbocycles. The van der Waals surface area contributed by atoms with Crippen LogP contribution >= 0.6 is 22.6 Å². The monoisotopic (exact) mass is 1200 g/mol. The fourth-order valence-electron chi connectivity index (χ4n) is 8.11. The van der Waals surface area contributed by atoms with Crippen molar-refractivity contribution in [1.82, 2.24) is 20.6 Å². The van der Waals surface area contributed by atoms with Gasteiger partial charge in [-0.2, -0.15) is 9.97 Å². The average molecular weight is 1200 g/mol. The van der Waals surface area contributed by atoms with Crippen molar-refractivity contribution in [3.05, 3.63) is 92.1 Å². The predicted molar refractivity (Wildman–Crippen MR) is 299 cm³/mol. The maximum atomic E-state index is 12.9. The average Bonchev–Trinajstić information content (AvgIpc) is 4.33. The molecule has 2 amide bonds. The van der Waals surface area contributed by atoms with Gasteiger partial charge in [0.25, 0.3) is 11.8 Å². The van der Waals surface area contributed by atoms with Crippen LogP contribution in [0.2, 0.25) is 5.82 Å². The number of sulfonamides is 2. The fraction of sp³-hybridized carbons (Fsp3) is 0.423. The minimum atomic E-state index is -3.67. The van der Waals surface area contributed by atoms with E-state index in [-0.39, 0.29) is 78.7 Å². The summed E-state index contributed by atoms with van der Waals surface area (Å²) in [6.45, 7) is 4.24. The van der Waals surface area contributed by atoms with Crippen LogP contribution < -0.4 is 19.2 Å². The molecule has 0 aliphatic heterocycles. The van der Waals surface area contributed by atoms with Gasteiger partial charge in [-0.1, -0.05) is 72.5 Å². The van der Waals surface area contributed by atoms with Gasteiger partial charge in [0.2, 0.25) is 31.5 Å². The summed E-state index contributed by atoms with van der Waals surface area (Å²) in [6.07, 6.45) is 8.34. The molecule has 4 aromatic heterocycles. The second-order valence-corrected chi connectivity index (χ2v) is 23.6. The second-order valence-electron chi connectivity index (χ2n) is 18.7. The highest BCUT2D eigenvalue weighted by atomic mass is 127. The van der Waals surface area contributed by atoms with E-state index >= 15 is 0 Å². The maximum absolute atomic E-state index is 12.9. The number of rotatable bonds is 20. The number of nitrogens with zero attached hydrogens (tertiary/aromatic N) is 4. The third-order valence-corrected chi connectivity index (χ3v) is 15.7. The lowest BCUT2D eigenvalue weighted by molar-refractivity contribution is -0.141. The highest BCUT2D eigenvalue weighted by Crippen LogP contribution is 2.47. The van der Waals surface area contributed by atoms with Crippen LogP contribution in [0.1, 0.15) is 108 Å². The molecule has 2 aliphatic rings. The largest absolute Gasteiger partial charge is 0.469 e. The first kappa shape index (κ1) is 59.2. The number of esters is 2. The molecule has 0 saturated heterocycles. The first-order valence-corrected chi connectivity index (χ1v) is 29.4. The van der Waals surface area contributed by atoms with Crippen LogP contribution in [0.25, 0.3) is 44.8 Å². The van der Waals surface area contributed by atoms with Crippen molar-refractivity contribution in [1.29, 1.82) is 0 Å². The van der Waals surface area contributed by atoms with Gasteiger partial charge in [-0.25, -0.2) is 16.8 Å². The molecule has 2 saturated carbocycles. The first-order chi connectivity index (χ1) is 36.0. The molecule has 408 valence electrons. The number of furan rings is 2. The number of hydrogen-bond donors (Lipinski definition) is 4. The number of nitrogens with one attached hydrogen (secondary N) is 2. The zero-order chi connectivity index (χ0) is 55.6. The highest BCUT2D eigenvalue weighted by Gasteiger charge is 2.35. The number of aromatic nitrogens is 2. The van der Waals surface area contributed by atoms with E-state index < -0.39 is 27.2 Å². The topological polar surface area (TPSA) is 278 Å². The molecule has 2 aromatic carbocycles. The van der Waals surface area contributed by atoms with Gasteiger partial charge in [-0.05, 0) is 104 Å². The quantitative estimate of drug-likeness (QED) is 0.0247. The SMILES string of the molecule is CNC(=O)c1c(-c2ccc(C)cc2)oc2nc(N(CCCCC(=O)OC)S(C)(=O)=O)c(C3CC3)cc12.CNC(=O)c1c(-c2ccc(C)cc2)oc2nc(N(CCCCC(=O)OC)S(C)(=O)=O)c(I)cc12.OB(O)C1CC1. The van der Waals surface area contributed by atoms with Gasteiger partial charge in [0.05, 0.1) is 52.2 Å². The standard InChI is InChI=1S/C26H31N3O6S.C23H26IN3O6S.C3H7BO2/c1-16-8-10-18(11-9-16)23-22(25(31)27-2)20-15-19(17-12-13-17)24(28-26(20)35-23)29(36(4,32)33)14-6-5-7-21(30)34-3;1-14-8-10-15(11-9-14)20-19(22(29)25-2)16-13-17(24)21(26-23(16)33-20)27(34(4,30)31)12-6-5-7-18(28)32-3;5-4(6)3-1-2-3/h8-11,15,17H,5-7,12-14H2,1-4H3,(H,27,31);8-11,13H,5-7,12H2,1-4H3,(H,25,29);3,5-6H,1-2H2. The smallest absolute Gasteiger partial charge is 0.454 e. The lowest BCUT2D eigenvalue weighted by atomic mass is 9.84. The van der Waals surface area contributed by atoms with Crippen LogP contribution in [0.4, 0.5) is 11.6 Å². The van der Waals surface area contributed by atoms with E-state index in [4.69, 9.17) is 18.9 Å². The molecule has 4 heterocycles. The predicted octanol–water partition coefficient (Wildman–Crippen LogP) is 7.65. The number of fused-ring (bicyclic) bond motifs is 2. The van der Waals surface area contributed by atoms with Crippen LogP contribution in [-0.2, 0) is 39.1 Å². The molecular weight excluding hydrogens is 1130 g/mol. The normalized spacial score (nSPS) is 13.2. The van der Waals surface area contributed by atoms with E-state index in [0.717, 1.165) is 60.4 Å². The Labute approximate surface area is 456 Å². The summed E-state index contributed by atoms with van der Waals surface area (Å²) in [4.78, 5) is 57.7. The number of carbonyl (C=O) groups excluding carboxylic acids is 4. The molecule has 0 bridgehead atoms. The molecular formula is C52H64BIN6O14S2. The minimum Gasteiger partial charge on any atom is -0.469 e. The van der Waals surface area contributed by atoms with Gasteiger partial charge < -0.3 is 39.0 Å². The number of amides is 2. The van der Waals surface area contributed by atoms with E-state index in [1.807, 2.05) is 91.0 Å². The molecule has 0 unspecified atom stereocenters. The summed E-state index contributed by atoms with van der Waals surface area (Å²) in [7, 11) is -2.64. The van der Waals surface area contributed by atoms with E-state index in [2.05, 4.69) is 30.1 Å². The van der Waals surface area contributed by atoms with E-state index in [9.17, 15) is 36.0 Å². The van der Waals surface area contributed by atoms with Crippen molar-refractivity contribution >= 4 is 107 Å². The van der Waals surface area contributed by atoms with Crippen molar-refractivity contribution in [3.63, 3.8) is 0 Å². The number of aryl methyl sites for hydroxylation is 2. The summed E-state index contributed by atoms with van der Waals surface area (Å²) in [5.74, 6) is 0.335. The van der Waals surface area contributed by atoms with Crippen molar-refractivity contribution in [2.45, 2.75) is 89.8 Å². The molecule has 0 spiro atoms. The van der Waals surface area contributed by atoms with Crippen LogP contribution in [0.15, 0.2) is 69.5 Å². The molecule has 4 N–H and O–H groups in total. The number of carbonyl (C=O) groups is 4. The zero-order valence-corrected chi connectivity index (χ0v) is 47.6. The Balaban J connectivity index is 0.000000222. The van der Waals surface area contributed by atoms with E-state index in [0.29, 0.717) is 74.1 Å². The number of ether oxygens (including phenoxy) is 2. The Hall–Kier alpha value is -6.09. The van der Waals surface area contributed by atoms with E-state index in [1.54, 1.807) is 13.1 Å². The summed E-state index contributed by atoms with van der Waals surface area (Å²) in [5, 5.41) is 22.9. The molecule has 24 heteroatoms. The number of hydrogen-bond acceptors (Lipinski definition) is 16. The third kappa shape index (κ3) is 15.1. The molecule has 8 rings (SSSR count). The molecule has 6 aromatic rings.